The van der Waals surface area contributed by atoms with Gasteiger partial charge in [-0.05, 0) is 31.2 Å². The van der Waals surface area contributed by atoms with Crippen LogP contribution in [0.25, 0.3) is 0 Å². The van der Waals surface area contributed by atoms with Crippen molar-refractivity contribution in [3.8, 4) is 0 Å². The molecule has 3 nitrogen and oxygen atoms in total. The summed E-state index contributed by atoms with van der Waals surface area (Å²) in [6.45, 7) is 0.616. The average molecular weight is 249 g/mol. The molecule has 0 aromatic heterocycles. The lowest BCUT2D eigenvalue weighted by atomic mass is 9.92. The van der Waals surface area contributed by atoms with Crippen molar-refractivity contribution in [2.45, 2.75) is 43.9 Å². The summed E-state index contributed by atoms with van der Waals surface area (Å²) < 4.78 is 5.41. The van der Waals surface area contributed by atoms with Crippen LogP contribution in [0.4, 0.5) is 0 Å². The summed E-state index contributed by atoms with van der Waals surface area (Å²) in [6.07, 6.45) is 4.56. The van der Waals surface area contributed by atoms with E-state index in [-0.39, 0.29) is 0 Å². The van der Waals surface area contributed by atoms with Gasteiger partial charge in [-0.25, -0.2) is 0 Å². The Labute approximate surface area is 109 Å². The highest BCUT2D eigenvalue weighted by Gasteiger charge is 2.21. The van der Waals surface area contributed by atoms with E-state index in [1.165, 1.54) is 12.8 Å². The number of nitrogens with one attached hydrogen (secondary N) is 1. The predicted octanol–water partition coefficient (Wildman–Crippen LogP) is 2.27. The first kappa shape index (κ1) is 13.5. The molecule has 3 unspecified atom stereocenters. The molecule has 0 radical (unpaired) electrons. The highest BCUT2D eigenvalue weighted by atomic mass is 16.5. The summed E-state index contributed by atoms with van der Waals surface area (Å²) in [5, 5.41) is 13.5. The van der Waals surface area contributed by atoms with E-state index in [4.69, 9.17) is 4.74 Å². The fraction of sp³-hybridized carbons (Fsp3) is 0.600. The Morgan fingerprint density at radius 1 is 1.33 bits per heavy atom. The molecule has 3 atom stereocenters. The van der Waals surface area contributed by atoms with Crippen molar-refractivity contribution in [1.82, 2.24) is 5.32 Å². The van der Waals surface area contributed by atoms with E-state index in [0.29, 0.717) is 18.7 Å². The number of aliphatic hydroxyl groups is 1. The van der Waals surface area contributed by atoms with E-state index in [0.717, 1.165) is 18.4 Å². The smallest absolute Gasteiger partial charge is 0.0914 e. The molecule has 18 heavy (non-hydrogen) atoms. The third kappa shape index (κ3) is 3.80. The van der Waals surface area contributed by atoms with Gasteiger partial charge in [-0.2, -0.15) is 0 Å². The third-order valence-corrected chi connectivity index (χ3v) is 3.74. The van der Waals surface area contributed by atoms with Crippen LogP contribution in [0.5, 0.6) is 0 Å². The van der Waals surface area contributed by atoms with Crippen molar-refractivity contribution in [1.29, 1.82) is 0 Å². The Kier molecular flexibility index (Phi) is 5.17. The van der Waals surface area contributed by atoms with Crippen LogP contribution in [-0.2, 0) is 4.74 Å². The second-order valence-electron chi connectivity index (χ2n) is 5.06. The van der Waals surface area contributed by atoms with Crippen molar-refractivity contribution >= 4 is 0 Å². The number of methoxy groups -OCH3 is 1. The molecule has 1 aliphatic rings. The van der Waals surface area contributed by atoms with Crippen LogP contribution in [0.2, 0.25) is 0 Å². The maximum atomic E-state index is 10.1. The maximum Gasteiger partial charge on any atom is 0.0914 e. The lowest BCUT2D eigenvalue weighted by molar-refractivity contribution is 0.0558. The van der Waals surface area contributed by atoms with Crippen LogP contribution in [0.15, 0.2) is 30.3 Å². The second-order valence-corrected chi connectivity index (χ2v) is 5.06. The minimum atomic E-state index is -0.422. The normalized spacial score (nSPS) is 25.9. The minimum absolute atomic E-state index is 0.380. The zero-order valence-corrected chi connectivity index (χ0v) is 11.0. The Bertz CT molecular complexity index is 342. The summed E-state index contributed by atoms with van der Waals surface area (Å²) in [6, 6.07) is 10.3. The monoisotopic (exact) mass is 249 g/mol. The summed E-state index contributed by atoms with van der Waals surface area (Å²) in [5.41, 5.74) is 0.976. The molecule has 1 aliphatic carbocycles. The molecule has 1 aromatic rings. The zero-order valence-electron chi connectivity index (χ0n) is 11.0. The Morgan fingerprint density at radius 3 is 2.83 bits per heavy atom. The van der Waals surface area contributed by atoms with E-state index < -0.39 is 6.10 Å². The topological polar surface area (TPSA) is 41.5 Å². The average Bonchev–Trinajstić information content (AvgIpc) is 2.46. The maximum absolute atomic E-state index is 10.1. The first-order chi connectivity index (χ1) is 8.79. The quantitative estimate of drug-likeness (QED) is 0.841. The van der Waals surface area contributed by atoms with Crippen molar-refractivity contribution in [3.63, 3.8) is 0 Å². The van der Waals surface area contributed by atoms with Gasteiger partial charge in [0.1, 0.15) is 0 Å². The molecule has 2 rings (SSSR count). The molecule has 0 spiro atoms. The molecule has 1 aromatic carbocycles. The number of ether oxygens (including phenoxy) is 1. The predicted molar refractivity (Wildman–Crippen MR) is 72.5 cm³/mol. The van der Waals surface area contributed by atoms with Gasteiger partial charge in [0.2, 0.25) is 0 Å². The summed E-state index contributed by atoms with van der Waals surface area (Å²) >= 11 is 0. The lowest BCUT2D eigenvalue weighted by Crippen LogP contribution is -2.38. The lowest BCUT2D eigenvalue weighted by Gasteiger charge is -2.29. The highest BCUT2D eigenvalue weighted by Crippen LogP contribution is 2.21. The van der Waals surface area contributed by atoms with Crippen molar-refractivity contribution in [2.24, 2.45) is 0 Å². The molecule has 0 saturated heterocycles. The molecule has 0 heterocycles. The number of rotatable bonds is 5. The number of aliphatic hydroxyl groups excluding tert-OH is 1. The van der Waals surface area contributed by atoms with E-state index in [2.05, 4.69) is 5.32 Å². The van der Waals surface area contributed by atoms with Crippen LogP contribution >= 0.6 is 0 Å². The molecule has 3 heteroatoms. The van der Waals surface area contributed by atoms with Crippen molar-refractivity contribution in [2.75, 3.05) is 13.7 Å². The van der Waals surface area contributed by atoms with Crippen molar-refractivity contribution in [3.05, 3.63) is 35.9 Å². The molecule has 2 N–H and O–H groups in total. The summed E-state index contributed by atoms with van der Waals surface area (Å²) in [7, 11) is 1.78. The van der Waals surface area contributed by atoms with Gasteiger partial charge >= 0.3 is 0 Å². The molecule has 0 bridgehead atoms. The molecule has 100 valence electrons. The Morgan fingerprint density at radius 2 is 2.11 bits per heavy atom. The van der Waals surface area contributed by atoms with Gasteiger partial charge in [0.05, 0.1) is 12.2 Å². The Balaban J connectivity index is 1.77. The molecule has 0 amide bonds. The van der Waals surface area contributed by atoms with Crippen LogP contribution < -0.4 is 5.32 Å². The van der Waals surface area contributed by atoms with Crippen molar-refractivity contribution < 1.29 is 9.84 Å². The van der Waals surface area contributed by atoms with Gasteiger partial charge in [-0.1, -0.05) is 30.3 Å². The largest absolute Gasteiger partial charge is 0.387 e. The van der Waals surface area contributed by atoms with Crippen LogP contribution in [0.1, 0.15) is 37.4 Å². The third-order valence-electron chi connectivity index (χ3n) is 3.74. The van der Waals surface area contributed by atoms with Crippen LogP contribution in [0, 0.1) is 0 Å². The van der Waals surface area contributed by atoms with Gasteiger partial charge in [0, 0.05) is 19.7 Å². The number of hydrogen-bond donors (Lipinski definition) is 2. The van der Waals surface area contributed by atoms with Gasteiger partial charge < -0.3 is 15.2 Å². The fourth-order valence-corrected chi connectivity index (χ4v) is 2.62. The first-order valence-electron chi connectivity index (χ1n) is 6.78. The van der Waals surface area contributed by atoms with Gasteiger partial charge in [0.25, 0.3) is 0 Å². The van der Waals surface area contributed by atoms with Crippen LogP contribution in [0.3, 0.4) is 0 Å². The fourth-order valence-electron chi connectivity index (χ4n) is 2.62. The summed E-state index contributed by atoms with van der Waals surface area (Å²) in [4.78, 5) is 0. The summed E-state index contributed by atoms with van der Waals surface area (Å²) in [5.74, 6) is 0. The van der Waals surface area contributed by atoms with Gasteiger partial charge in [0.15, 0.2) is 0 Å². The number of hydrogen-bond acceptors (Lipinski definition) is 3. The van der Waals surface area contributed by atoms with Crippen LogP contribution in [-0.4, -0.2) is 30.9 Å². The zero-order chi connectivity index (χ0) is 12.8. The molecule has 1 fully saturated rings. The van der Waals surface area contributed by atoms with Gasteiger partial charge in [-0.15, -0.1) is 0 Å². The standard InChI is InChI=1S/C15H23NO2/c1-18-14-9-5-8-13(10-14)16-11-15(17)12-6-3-2-4-7-12/h2-4,6-7,13-17H,5,8-11H2,1H3. The molecular weight excluding hydrogens is 226 g/mol. The van der Waals surface area contributed by atoms with E-state index in [1.54, 1.807) is 7.11 Å². The highest BCUT2D eigenvalue weighted by molar-refractivity contribution is 5.17. The SMILES string of the molecule is COC1CCCC(NCC(O)c2ccccc2)C1. The molecular formula is C15H23NO2. The van der Waals surface area contributed by atoms with E-state index >= 15 is 0 Å². The van der Waals surface area contributed by atoms with E-state index in [1.807, 2.05) is 30.3 Å². The Hall–Kier alpha value is -0.900. The second kappa shape index (κ2) is 6.88. The van der Waals surface area contributed by atoms with E-state index in [9.17, 15) is 5.11 Å². The first-order valence-corrected chi connectivity index (χ1v) is 6.78. The minimum Gasteiger partial charge on any atom is -0.387 e. The van der Waals surface area contributed by atoms with Gasteiger partial charge in [-0.3, -0.25) is 0 Å². The molecule has 1 saturated carbocycles. The molecule has 0 aliphatic heterocycles. The number of benzene rings is 1.